The number of methoxy groups -OCH3 is 1. The molecule has 1 saturated heterocycles. The zero-order valence-corrected chi connectivity index (χ0v) is 23.8. The molecule has 3 aromatic carbocycles. The lowest BCUT2D eigenvalue weighted by Gasteiger charge is -2.51. The Morgan fingerprint density at radius 2 is 1.40 bits per heavy atom. The summed E-state index contributed by atoms with van der Waals surface area (Å²) in [5, 5.41) is 23.2. The lowest BCUT2D eigenvalue weighted by molar-refractivity contribution is -0.273. The minimum atomic E-state index is -3.37. The molecule has 1 aliphatic rings. The Labute approximate surface area is 247 Å². The van der Waals surface area contributed by atoms with E-state index in [9.17, 15) is 19.7 Å². The second-order valence-corrected chi connectivity index (χ2v) is 10.7. The van der Waals surface area contributed by atoms with Crippen LogP contribution in [-0.2, 0) is 24.0 Å². The molecule has 0 bridgehead atoms. The van der Waals surface area contributed by atoms with Crippen molar-refractivity contribution in [3.63, 3.8) is 0 Å². The average Bonchev–Trinajstić information content (AvgIpc) is 3.59. The molecule has 1 aliphatic heterocycles. The molecule has 0 aliphatic carbocycles. The molecule has 6 rings (SSSR count). The molecule has 221 valence electrons. The van der Waals surface area contributed by atoms with E-state index in [0.717, 1.165) is 0 Å². The number of fused-ring (bicyclic) bond motifs is 1. The third-order valence-corrected chi connectivity index (χ3v) is 8.36. The van der Waals surface area contributed by atoms with Gasteiger partial charge in [0.05, 0.1) is 6.33 Å². The van der Waals surface area contributed by atoms with Crippen LogP contribution in [0.3, 0.4) is 0 Å². The predicted octanol–water partition coefficient (Wildman–Crippen LogP) is 3.07. The largest absolute Gasteiger partial charge is 0.387 e. The Kier molecular flexibility index (Phi) is 7.75. The van der Waals surface area contributed by atoms with Crippen LogP contribution in [-0.4, -0.2) is 65.8 Å². The Bertz CT molecular complexity index is 1630. The van der Waals surface area contributed by atoms with Crippen LogP contribution in [0.4, 0.5) is 5.82 Å². The molecule has 0 spiro atoms. The average molecular weight is 603 g/mol. The van der Waals surface area contributed by atoms with Crippen LogP contribution in [0.2, 0.25) is 0 Å². The summed E-state index contributed by atoms with van der Waals surface area (Å²) >= 11 is 0. The van der Waals surface area contributed by atoms with Gasteiger partial charge in [0.25, 0.3) is 0 Å². The summed E-state index contributed by atoms with van der Waals surface area (Å²) in [5.74, 6) is -2.13. The summed E-state index contributed by atoms with van der Waals surface area (Å²) < 4.78 is 32.8. The van der Waals surface area contributed by atoms with Gasteiger partial charge in [-0.25, -0.2) is 24.0 Å². The molecule has 6 atom stereocenters. The summed E-state index contributed by atoms with van der Waals surface area (Å²) in [4.78, 5) is 22.9. The van der Waals surface area contributed by atoms with Gasteiger partial charge in [-0.15, -0.1) is 0 Å². The molecule has 0 amide bonds. The first-order valence-corrected chi connectivity index (χ1v) is 14.5. The number of aliphatic hydroxyl groups is 2. The molecule has 1 fully saturated rings. The van der Waals surface area contributed by atoms with Gasteiger partial charge in [0.2, 0.25) is 5.79 Å². The molecule has 13 heteroatoms. The van der Waals surface area contributed by atoms with Gasteiger partial charge >= 0.3 is 8.25 Å². The number of hydrogen-bond acceptors (Lipinski definition) is 10. The van der Waals surface area contributed by atoms with E-state index in [4.69, 9.17) is 19.7 Å². The topological polar surface area (TPSA) is 175 Å². The van der Waals surface area contributed by atoms with E-state index < -0.39 is 44.0 Å². The van der Waals surface area contributed by atoms with Crippen molar-refractivity contribution in [3.05, 3.63) is 120 Å². The maximum absolute atomic E-state index is 12.8. The van der Waals surface area contributed by atoms with Crippen LogP contribution in [0.15, 0.2) is 104 Å². The van der Waals surface area contributed by atoms with Gasteiger partial charge < -0.3 is 25.4 Å². The van der Waals surface area contributed by atoms with Crippen molar-refractivity contribution < 1.29 is 33.7 Å². The molecule has 0 saturated carbocycles. The van der Waals surface area contributed by atoms with Gasteiger partial charge in [-0.2, -0.15) is 0 Å². The van der Waals surface area contributed by atoms with E-state index in [2.05, 4.69) is 15.0 Å². The minimum absolute atomic E-state index is 0.122. The van der Waals surface area contributed by atoms with Crippen molar-refractivity contribution in [2.75, 3.05) is 12.8 Å². The molecule has 12 nitrogen and oxygen atoms in total. The third-order valence-electron chi connectivity index (χ3n) is 7.93. The minimum Gasteiger partial charge on any atom is -0.387 e. The van der Waals surface area contributed by atoms with Crippen LogP contribution in [0, 0.1) is 0 Å². The Morgan fingerprint density at radius 1 is 0.860 bits per heavy atom. The fraction of sp³-hybridized carbons (Fsp3) is 0.233. The highest BCUT2D eigenvalue weighted by molar-refractivity contribution is 7.32. The fourth-order valence-corrected chi connectivity index (χ4v) is 6.73. The normalized spacial score (nSPS) is 22.4. The van der Waals surface area contributed by atoms with E-state index in [0.29, 0.717) is 16.7 Å². The lowest BCUT2D eigenvalue weighted by Crippen LogP contribution is -2.65. The highest BCUT2D eigenvalue weighted by Crippen LogP contribution is 2.56. The summed E-state index contributed by atoms with van der Waals surface area (Å²) in [5.41, 5.74) is 6.78. The Morgan fingerprint density at radius 3 is 1.88 bits per heavy atom. The SMILES string of the molecule is COC(O[P](=O)O)([C@H]1O[C@@H](n2cnc3c(N)ncnc32)[C@H](O)[C@@H]1O)C(c1ccccc1)(c1ccccc1)c1ccccc1. The molecule has 5 N–H and O–H groups in total. The van der Waals surface area contributed by atoms with E-state index in [1.165, 1.54) is 24.3 Å². The van der Waals surface area contributed by atoms with Gasteiger partial charge in [0, 0.05) is 7.11 Å². The number of nitrogen functional groups attached to an aromatic ring is 1. The smallest absolute Gasteiger partial charge is 0.368 e. The number of ether oxygens (including phenoxy) is 2. The lowest BCUT2D eigenvalue weighted by atomic mass is 9.61. The third kappa shape index (κ3) is 4.52. The van der Waals surface area contributed by atoms with Crippen molar-refractivity contribution in [3.8, 4) is 0 Å². The monoisotopic (exact) mass is 602 g/mol. The molecule has 1 radical (unpaired) electrons. The maximum atomic E-state index is 12.8. The van der Waals surface area contributed by atoms with E-state index in [1.807, 2.05) is 91.0 Å². The van der Waals surface area contributed by atoms with Crippen molar-refractivity contribution in [1.29, 1.82) is 0 Å². The zero-order chi connectivity index (χ0) is 30.2. The molecule has 3 heterocycles. The maximum Gasteiger partial charge on any atom is 0.368 e. The number of benzene rings is 3. The highest BCUT2D eigenvalue weighted by atomic mass is 31.1. The predicted molar refractivity (Wildman–Crippen MR) is 156 cm³/mol. The van der Waals surface area contributed by atoms with Crippen molar-refractivity contribution in [2.45, 2.75) is 35.7 Å². The second-order valence-electron chi connectivity index (χ2n) is 10.1. The van der Waals surface area contributed by atoms with E-state index in [1.54, 1.807) is 0 Å². The van der Waals surface area contributed by atoms with Crippen LogP contribution < -0.4 is 5.73 Å². The molecule has 2 aromatic heterocycles. The standard InChI is InChI=1S/C30H29N5O7P/c1-40-30(42-43(38)39,25-23(36)24(37)28(41-25)35-18-34-22-26(31)32-17-33-27(22)35)29(19-11-5-2-6-12-19,20-13-7-3-8-14-20)21-15-9-4-10-16-21/h2-18,23-25,28,36-37H,1H3,(H,38,39)(H2,31,32,33)/t23-,24+,25-,28+,30?/m0/s1. The quantitative estimate of drug-likeness (QED) is 0.111. The zero-order valence-electron chi connectivity index (χ0n) is 22.9. The van der Waals surface area contributed by atoms with Crippen molar-refractivity contribution in [2.24, 2.45) is 0 Å². The first-order valence-electron chi connectivity index (χ1n) is 13.4. The van der Waals surface area contributed by atoms with E-state index >= 15 is 0 Å². The van der Waals surface area contributed by atoms with Crippen LogP contribution in [0.1, 0.15) is 22.9 Å². The highest BCUT2D eigenvalue weighted by Gasteiger charge is 2.68. The number of imidazole rings is 1. The molecule has 43 heavy (non-hydrogen) atoms. The summed E-state index contributed by atoms with van der Waals surface area (Å²) in [6.07, 6.45) is -3.48. The van der Waals surface area contributed by atoms with Crippen molar-refractivity contribution in [1.82, 2.24) is 19.5 Å². The Hall–Kier alpha value is -4.13. The molecule has 2 unspecified atom stereocenters. The van der Waals surface area contributed by atoms with Gasteiger partial charge in [0.1, 0.15) is 35.6 Å². The second kappa shape index (κ2) is 11.5. The number of hydrogen-bond donors (Lipinski definition) is 4. The number of rotatable bonds is 9. The van der Waals surface area contributed by atoms with Crippen LogP contribution in [0.25, 0.3) is 11.2 Å². The van der Waals surface area contributed by atoms with Gasteiger partial charge in [-0.3, -0.25) is 9.46 Å². The molecular weight excluding hydrogens is 573 g/mol. The van der Waals surface area contributed by atoms with Crippen LogP contribution in [0.5, 0.6) is 0 Å². The summed E-state index contributed by atoms with van der Waals surface area (Å²) in [6, 6.07) is 27.4. The van der Waals surface area contributed by atoms with Gasteiger partial charge in [-0.1, -0.05) is 91.0 Å². The van der Waals surface area contributed by atoms with E-state index in [-0.39, 0.29) is 17.0 Å². The first-order chi connectivity index (χ1) is 20.8. The number of anilines is 1. The van der Waals surface area contributed by atoms with Gasteiger partial charge in [-0.05, 0) is 16.7 Å². The molecule has 5 aromatic rings. The number of aromatic nitrogens is 4. The number of nitrogens with zero attached hydrogens (tertiary/aromatic N) is 4. The first kappa shape index (κ1) is 29.0. The Balaban J connectivity index is 1.64. The fourth-order valence-electron chi connectivity index (χ4n) is 6.18. The van der Waals surface area contributed by atoms with Crippen molar-refractivity contribution >= 4 is 25.2 Å². The molecular formula is C30H29N5O7P. The van der Waals surface area contributed by atoms with Gasteiger partial charge in [0.15, 0.2) is 17.7 Å². The summed E-state index contributed by atoms with van der Waals surface area (Å²) in [6.45, 7) is 0. The van der Waals surface area contributed by atoms with Crippen LogP contribution >= 0.6 is 8.25 Å². The number of aliphatic hydroxyl groups excluding tert-OH is 2. The summed E-state index contributed by atoms with van der Waals surface area (Å²) in [7, 11) is -2.07. The number of nitrogens with two attached hydrogens (primary N) is 1.